The third kappa shape index (κ3) is 4.20. The molecule has 0 spiro atoms. The fourth-order valence-electron chi connectivity index (χ4n) is 3.16. The predicted octanol–water partition coefficient (Wildman–Crippen LogP) is 3.46. The quantitative estimate of drug-likeness (QED) is 0.595. The molecule has 4 heteroatoms. The van der Waals surface area contributed by atoms with Crippen molar-refractivity contribution in [2.75, 3.05) is 26.2 Å². The van der Waals surface area contributed by atoms with Gasteiger partial charge < -0.3 is 4.48 Å². The van der Waals surface area contributed by atoms with Gasteiger partial charge in [-0.05, 0) is 39.3 Å². The summed E-state index contributed by atoms with van der Waals surface area (Å²) in [4.78, 5) is 25.4. The number of benzene rings is 1. The van der Waals surface area contributed by atoms with Crippen LogP contribution in [0.5, 0.6) is 0 Å². The van der Waals surface area contributed by atoms with Crippen molar-refractivity contribution < 1.29 is 14.1 Å². The molecule has 1 aliphatic rings. The second kappa shape index (κ2) is 8.25. The van der Waals surface area contributed by atoms with Crippen molar-refractivity contribution in [3.05, 3.63) is 35.4 Å². The Morgan fingerprint density at radius 2 is 1.65 bits per heavy atom. The Balaban J connectivity index is 0.00000264. The molecule has 2 rings (SSSR count). The molecule has 1 aliphatic heterocycles. The molecule has 0 unspecified atom stereocenters. The van der Waals surface area contributed by atoms with Crippen molar-refractivity contribution in [2.45, 2.75) is 47.6 Å². The second-order valence-electron chi connectivity index (χ2n) is 6.10. The van der Waals surface area contributed by atoms with Crippen LogP contribution in [0, 0.1) is 0 Å². The minimum Gasteiger partial charge on any atom is -0.321 e. The van der Waals surface area contributed by atoms with Crippen molar-refractivity contribution >= 4 is 11.8 Å². The molecule has 128 valence electrons. The first-order valence-electron chi connectivity index (χ1n) is 8.34. The lowest BCUT2D eigenvalue weighted by molar-refractivity contribution is -0.936. The Hall–Kier alpha value is -1.68. The molecule has 0 N–H and O–H groups in total. The molecule has 0 aromatic heterocycles. The molecule has 1 fully saturated rings. The second-order valence-corrected chi connectivity index (χ2v) is 6.10. The van der Waals surface area contributed by atoms with Gasteiger partial charge in [-0.25, -0.2) is 0 Å². The Kier molecular flexibility index (Phi) is 6.95. The maximum Gasteiger partial charge on any atom is 0.260 e. The number of carbonyl (C=O) groups is 2. The maximum absolute atomic E-state index is 12.3. The Morgan fingerprint density at radius 1 is 1.09 bits per heavy atom. The van der Waals surface area contributed by atoms with E-state index >= 15 is 0 Å². The minimum atomic E-state index is -0.156. The van der Waals surface area contributed by atoms with E-state index in [4.69, 9.17) is 0 Å². The summed E-state index contributed by atoms with van der Waals surface area (Å²) in [5.41, 5.74) is 1.86. The molecular weight excluding hydrogens is 288 g/mol. The fourth-order valence-corrected chi connectivity index (χ4v) is 3.16. The summed E-state index contributed by atoms with van der Waals surface area (Å²) in [7, 11) is 0. The number of imide groups is 1. The lowest BCUT2D eigenvalue weighted by atomic mass is 10.1. The zero-order valence-corrected chi connectivity index (χ0v) is 14.0. The van der Waals surface area contributed by atoms with Crippen molar-refractivity contribution in [1.29, 1.82) is 0 Å². The largest absolute Gasteiger partial charge is 0.321 e. The van der Waals surface area contributed by atoms with Crippen LogP contribution in [0.15, 0.2) is 24.3 Å². The van der Waals surface area contributed by atoms with Crippen LogP contribution in [0.2, 0.25) is 0 Å². The molecule has 0 aliphatic carbocycles. The van der Waals surface area contributed by atoms with Crippen LogP contribution in [0.3, 0.4) is 0 Å². The van der Waals surface area contributed by atoms with E-state index in [1.54, 1.807) is 0 Å². The van der Waals surface area contributed by atoms with Gasteiger partial charge in [0.25, 0.3) is 5.91 Å². The van der Waals surface area contributed by atoms with Crippen molar-refractivity contribution in [3.63, 3.8) is 0 Å². The average Bonchev–Trinajstić information content (AvgIpc) is 2.99. The smallest absolute Gasteiger partial charge is 0.260 e. The average molecular weight is 319 g/mol. The number of hydrogen-bond donors (Lipinski definition) is 0. The van der Waals surface area contributed by atoms with E-state index in [1.807, 2.05) is 24.3 Å². The SMILES string of the molecule is C.CC[N+](CC)(CC)Cc1ccc(C(=O)N2CCCC2=O)cc1. The van der Waals surface area contributed by atoms with Gasteiger partial charge in [0.05, 0.1) is 19.6 Å². The van der Waals surface area contributed by atoms with Crippen LogP contribution in [0.25, 0.3) is 0 Å². The first kappa shape index (κ1) is 19.4. The highest BCUT2D eigenvalue weighted by Crippen LogP contribution is 2.18. The number of amides is 2. The van der Waals surface area contributed by atoms with Gasteiger partial charge in [0.15, 0.2) is 0 Å². The first-order chi connectivity index (χ1) is 10.5. The maximum atomic E-state index is 12.3. The Labute approximate surface area is 140 Å². The summed E-state index contributed by atoms with van der Waals surface area (Å²) >= 11 is 0. The standard InChI is InChI=1S/C18H27N2O2.CH4/c1-4-20(5-2,6-3)14-15-9-11-16(12-10-15)18(22)19-13-7-8-17(19)21;/h9-12H,4-8,13-14H2,1-3H3;1H4/q+1;. The van der Waals surface area contributed by atoms with Crippen molar-refractivity contribution in [3.8, 4) is 0 Å². The van der Waals surface area contributed by atoms with Crippen LogP contribution in [-0.2, 0) is 11.3 Å². The first-order valence-corrected chi connectivity index (χ1v) is 8.34. The highest BCUT2D eigenvalue weighted by atomic mass is 16.2. The van der Waals surface area contributed by atoms with Gasteiger partial charge in [-0.1, -0.05) is 19.6 Å². The lowest BCUT2D eigenvalue weighted by Crippen LogP contribution is -2.46. The summed E-state index contributed by atoms with van der Waals surface area (Å²) < 4.78 is 1.05. The monoisotopic (exact) mass is 319 g/mol. The summed E-state index contributed by atoms with van der Waals surface area (Å²) in [6.45, 7) is 11.5. The van der Waals surface area contributed by atoms with Crippen LogP contribution in [0.1, 0.15) is 57.0 Å². The summed E-state index contributed by atoms with van der Waals surface area (Å²) in [6.07, 6.45) is 1.28. The molecule has 0 atom stereocenters. The topological polar surface area (TPSA) is 37.4 Å². The zero-order chi connectivity index (χ0) is 16.2. The van der Waals surface area contributed by atoms with Crippen LogP contribution >= 0.6 is 0 Å². The van der Waals surface area contributed by atoms with Gasteiger partial charge in [-0.2, -0.15) is 0 Å². The molecule has 23 heavy (non-hydrogen) atoms. The van der Waals surface area contributed by atoms with Gasteiger partial charge in [-0.3, -0.25) is 14.5 Å². The Bertz CT molecular complexity index is 525. The molecular formula is C19H31N2O2+. The minimum absolute atomic E-state index is 0. The molecule has 0 radical (unpaired) electrons. The molecule has 1 aromatic carbocycles. The van der Waals surface area contributed by atoms with Gasteiger partial charge >= 0.3 is 0 Å². The van der Waals surface area contributed by atoms with Crippen LogP contribution in [0.4, 0.5) is 0 Å². The molecule has 1 aromatic rings. The third-order valence-corrected chi connectivity index (χ3v) is 5.05. The molecule has 4 nitrogen and oxygen atoms in total. The lowest BCUT2D eigenvalue weighted by Gasteiger charge is -2.35. The molecule has 0 saturated carbocycles. The molecule has 0 bridgehead atoms. The van der Waals surface area contributed by atoms with Crippen molar-refractivity contribution in [1.82, 2.24) is 4.90 Å². The van der Waals surface area contributed by atoms with Crippen LogP contribution in [-0.4, -0.2) is 47.4 Å². The summed E-state index contributed by atoms with van der Waals surface area (Å²) in [5, 5.41) is 0. The summed E-state index contributed by atoms with van der Waals surface area (Å²) in [6, 6.07) is 7.78. The van der Waals surface area contributed by atoms with Crippen LogP contribution < -0.4 is 0 Å². The van der Waals surface area contributed by atoms with E-state index in [-0.39, 0.29) is 19.2 Å². The number of likely N-dealkylation sites (tertiary alicyclic amines) is 1. The van der Waals surface area contributed by atoms with E-state index in [0.717, 1.165) is 37.1 Å². The highest BCUT2D eigenvalue weighted by Gasteiger charge is 2.27. The summed E-state index contributed by atoms with van der Waals surface area (Å²) in [5.74, 6) is -0.205. The van der Waals surface area contributed by atoms with Gasteiger partial charge in [0.1, 0.15) is 6.54 Å². The van der Waals surface area contributed by atoms with E-state index in [2.05, 4.69) is 20.8 Å². The predicted molar refractivity (Wildman–Crippen MR) is 94.0 cm³/mol. The zero-order valence-electron chi connectivity index (χ0n) is 14.0. The van der Waals surface area contributed by atoms with Gasteiger partial charge in [0.2, 0.25) is 5.91 Å². The third-order valence-electron chi connectivity index (χ3n) is 5.05. The number of carbonyl (C=O) groups excluding carboxylic acids is 2. The number of rotatable bonds is 6. The van der Waals surface area contributed by atoms with Gasteiger partial charge in [-0.15, -0.1) is 0 Å². The van der Waals surface area contributed by atoms with E-state index in [0.29, 0.717) is 18.5 Å². The number of hydrogen-bond acceptors (Lipinski definition) is 2. The molecule has 2 amide bonds. The number of quaternary nitrogens is 1. The van der Waals surface area contributed by atoms with Crippen molar-refractivity contribution in [2.24, 2.45) is 0 Å². The molecule has 1 saturated heterocycles. The van der Waals surface area contributed by atoms with E-state index < -0.39 is 0 Å². The Morgan fingerprint density at radius 3 is 2.09 bits per heavy atom. The van der Waals surface area contributed by atoms with Gasteiger partial charge in [0, 0.05) is 24.1 Å². The normalized spacial score (nSPS) is 14.7. The van der Waals surface area contributed by atoms with E-state index in [9.17, 15) is 9.59 Å². The number of nitrogens with zero attached hydrogens (tertiary/aromatic N) is 2. The highest BCUT2D eigenvalue weighted by molar-refractivity contribution is 6.05. The fraction of sp³-hybridized carbons (Fsp3) is 0.579. The molecule has 1 heterocycles. The van der Waals surface area contributed by atoms with E-state index in [1.165, 1.54) is 10.5 Å².